The van der Waals surface area contributed by atoms with Crippen LogP contribution in [-0.4, -0.2) is 28.5 Å². The molecule has 0 fully saturated rings. The average molecular weight is 345 g/mol. The van der Waals surface area contributed by atoms with Gasteiger partial charge in [-0.15, -0.1) is 12.4 Å². The van der Waals surface area contributed by atoms with Crippen LogP contribution in [0.4, 0.5) is 0 Å². The first-order chi connectivity index (χ1) is 11.2. The van der Waals surface area contributed by atoms with Gasteiger partial charge in [-0.2, -0.15) is 0 Å². The molecule has 2 aromatic carbocycles. The summed E-state index contributed by atoms with van der Waals surface area (Å²) in [6.45, 7) is 2.08. The third-order valence-electron chi connectivity index (χ3n) is 4.89. The number of nitrogens with one attached hydrogen (secondary N) is 1. The molecule has 0 saturated heterocycles. The minimum atomic E-state index is -0.149. The summed E-state index contributed by atoms with van der Waals surface area (Å²) in [5, 5.41) is 13.0. The highest BCUT2D eigenvalue weighted by Gasteiger charge is 2.29. The summed E-state index contributed by atoms with van der Waals surface area (Å²) < 4.78 is 0. The Morgan fingerprint density at radius 3 is 2.71 bits per heavy atom. The summed E-state index contributed by atoms with van der Waals surface area (Å²) in [6.07, 6.45) is 1.60. The van der Waals surface area contributed by atoms with Crippen LogP contribution in [0.3, 0.4) is 0 Å². The van der Waals surface area contributed by atoms with Gasteiger partial charge in [0, 0.05) is 19.6 Å². The Morgan fingerprint density at radius 2 is 1.88 bits per heavy atom. The van der Waals surface area contributed by atoms with E-state index in [1.54, 1.807) is 12.1 Å². The van der Waals surface area contributed by atoms with E-state index in [9.17, 15) is 9.90 Å². The largest absolute Gasteiger partial charge is 0.508 e. The number of nitrogens with zero attached hydrogens (tertiary/aromatic N) is 1. The molecule has 0 bridgehead atoms. The number of benzene rings is 2. The summed E-state index contributed by atoms with van der Waals surface area (Å²) in [5.41, 5.74) is 4.83. The van der Waals surface area contributed by atoms with Gasteiger partial charge in [0.05, 0.1) is 6.04 Å². The molecule has 4 rings (SSSR count). The summed E-state index contributed by atoms with van der Waals surface area (Å²) >= 11 is 0. The minimum Gasteiger partial charge on any atom is -0.508 e. The number of amides is 1. The van der Waals surface area contributed by atoms with E-state index in [2.05, 4.69) is 17.4 Å². The van der Waals surface area contributed by atoms with Crippen LogP contribution in [0, 0.1) is 0 Å². The van der Waals surface area contributed by atoms with Gasteiger partial charge in [-0.1, -0.05) is 30.3 Å². The summed E-state index contributed by atoms with van der Waals surface area (Å²) in [7, 11) is 0. The molecule has 1 unspecified atom stereocenters. The molecule has 0 aliphatic carbocycles. The lowest BCUT2D eigenvalue weighted by molar-refractivity contribution is -0.134. The maximum Gasteiger partial charge on any atom is 0.240 e. The zero-order valence-corrected chi connectivity index (χ0v) is 14.2. The highest BCUT2D eigenvalue weighted by atomic mass is 35.5. The fourth-order valence-electron chi connectivity index (χ4n) is 3.58. The smallest absolute Gasteiger partial charge is 0.240 e. The van der Waals surface area contributed by atoms with Crippen molar-refractivity contribution in [2.45, 2.75) is 32.0 Å². The van der Waals surface area contributed by atoms with E-state index >= 15 is 0 Å². The third-order valence-corrected chi connectivity index (χ3v) is 4.89. The Hall–Kier alpha value is -2.04. The molecule has 0 radical (unpaired) electrons. The van der Waals surface area contributed by atoms with Gasteiger partial charge in [-0.05, 0) is 47.2 Å². The molecule has 5 heteroatoms. The van der Waals surface area contributed by atoms with E-state index < -0.39 is 0 Å². The van der Waals surface area contributed by atoms with Crippen LogP contribution in [-0.2, 0) is 30.7 Å². The SMILES string of the molecule is Cl.O=C(C1Cc2ccccc2CN1)N1CCc2ccc(O)cc2C1. The molecule has 0 saturated carbocycles. The quantitative estimate of drug-likeness (QED) is 0.835. The van der Waals surface area contributed by atoms with E-state index in [4.69, 9.17) is 0 Å². The number of phenols is 1. The van der Waals surface area contributed by atoms with Crippen molar-refractivity contribution in [2.75, 3.05) is 6.54 Å². The van der Waals surface area contributed by atoms with E-state index in [0.717, 1.165) is 31.5 Å². The average Bonchev–Trinajstić information content (AvgIpc) is 2.60. The lowest BCUT2D eigenvalue weighted by Crippen LogP contribution is -2.50. The standard InChI is InChI=1S/C19H20N2O2.ClH/c22-17-6-5-13-7-8-21(12-16(13)9-17)19(23)18-10-14-3-1-2-4-15(14)11-20-18;/h1-6,9,18,20,22H,7-8,10-12H2;1H. The van der Waals surface area contributed by atoms with Gasteiger partial charge < -0.3 is 15.3 Å². The fourth-order valence-corrected chi connectivity index (χ4v) is 3.58. The van der Waals surface area contributed by atoms with Crippen molar-refractivity contribution in [1.82, 2.24) is 10.2 Å². The van der Waals surface area contributed by atoms with Crippen LogP contribution >= 0.6 is 12.4 Å². The molecule has 1 atom stereocenters. The number of halogens is 1. The molecule has 126 valence electrons. The Morgan fingerprint density at radius 1 is 1.08 bits per heavy atom. The molecule has 2 aliphatic rings. The van der Waals surface area contributed by atoms with Crippen LogP contribution in [0.1, 0.15) is 22.3 Å². The van der Waals surface area contributed by atoms with Gasteiger partial charge in [0.1, 0.15) is 5.75 Å². The van der Waals surface area contributed by atoms with Gasteiger partial charge >= 0.3 is 0 Å². The number of rotatable bonds is 1. The van der Waals surface area contributed by atoms with Crippen molar-refractivity contribution in [3.05, 3.63) is 64.7 Å². The number of carbonyl (C=O) groups excluding carboxylic acids is 1. The van der Waals surface area contributed by atoms with Gasteiger partial charge in [0.25, 0.3) is 0 Å². The first-order valence-corrected chi connectivity index (χ1v) is 8.10. The molecular formula is C19H21ClN2O2. The van der Waals surface area contributed by atoms with E-state index in [-0.39, 0.29) is 30.1 Å². The first kappa shape index (κ1) is 16.8. The predicted molar refractivity (Wildman–Crippen MR) is 95.2 cm³/mol. The van der Waals surface area contributed by atoms with Gasteiger partial charge in [0.15, 0.2) is 0 Å². The van der Waals surface area contributed by atoms with E-state index in [1.807, 2.05) is 23.1 Å². The van der Waals surface area contributed by atoms with Gasteiger partial charge in [-0.3, -0.25) is 4.79 Å². The second kappa shape index (κ2) is 6.83. The minimum absolute atomic E-state index is 0. The van der Waals surface area contributed by atoms with Crippen LogP contribution < -0.4 is 5.32 Å². The normalized spacial score (nSPS) is 19.0. The Labute approximate surface area is 147 Å². The van der Waals surface area contributed by atoms with E-state index in [0.29, 0.717) is 6.54 Å². The van der Waals surface area contributed by atoms with Crippen LogP contribution in [0.15, 0.2) is 42.5 Å². The number of aromatic hydroxyl groups is 1. The summed E-state index contributed by atoms with van der Waals surface area (Å²) in [5.74, 6) is 0.427. The zero-order chi connectivity index (χ0) is 15.8. The first-order valence-electron chi connectivity index (χ1n) is 8.10. The summed E-state index contributed by atoms with van der Waals surface area (Å²) in [4.78, 5) is 14.8. The molecule has 0 spiro atoms. The molecule has 2 heterocycles. The number of hydrogen-bond acceptors (Lipinski definition) is 3. The second-order valence-electron chi connectivity index (χ2n) is 6.37. The monoisotopic (exact) mass is 344 g/mol. The van der Waals surface area contributed by atoms with Crippen molar-refractivity contribution < 1.29 is 9.90 Å². The number of fused-ring (bicyclic) bond motifs is 2. The number of carbonyl (C=O) groups is 1. The van der Waals surface area contributed by atoms with Crippen LogP contribution in [0.25, 0.3) is 0 Å². The molecule has 1 amide bonds. The van der Waals surface area contributed by atoms with Crippen molar-refractivity contribution in [2.24, 2.45) is 0 Å². The van der Waals surface area contributed by atoms with Crippen LogP contribution in [0.2, 0.25) is 0 Å². The third kappa shape index (κ3) is 3.12. The van der Waals surface area contributed by atoms with Crippen molar-refractivity contribution in [1.29, 1.82) is 0 Å². The predicted octanol–water partition coefficient (Wildman–Crippen LogP) is 2.41. The molecule has 4 nitrogen and oxygen atoms in total. The number of phenolic OH excluding ortho intramolecular Hbond substituents is 1. The molecule has 24 heavy (non-hydrogen) atoms. The maximum absolute atomic E-state index is 12.9. The molecule has 2 N–H and O–H groups in total. The van der Waals surface area contributed by atoms with Gasteiger partial charge in [-0.25, -0.2) is 0 Å². The molecule has 2 aliphatic heterocycles. The lowest BCUT2D eigenvalue weighted by atomic mass is 9.94. The zero-order valence-electron chi connectivity index (χ0n) is 13.4. The van der Waals surface area contributed by atoms with Crippen molar-refractivity contribution in [3.8, 4) is 5.75 Å². The highest BCUT2D eigenvalue weighted by molar-refractivity contribution is 5.85. The van der Waals surface area contributed by atoms with Crippen LogP contribution in [0.5, 0.6) is 5.75 Å². The van der Waals surface area contributed by atoms with Gasteiger partial charge in [0.2, 0.25) is 5.91 Å². The lowest BCUT2D eigenvalue weighted by Gasteiger charge is -2.34. The molecule has 0 aromatic heterocycles. The van der Waals surface area contributed by atoms with Crippen molar-refractivity contribution in [3.63, 3.8) is 0 Å². The Kier molecular flexibility index (Phi) is 4.78. The maximum atomic E-state index is 12.9. The molecule has 2 aromatic rings. The van der Waals surface area contributed by atoms with Crippen molar-refractivity contribution >= 4 is 18.3 Å². The fraction of sp³-hybridized carbons (Fsp3) is 0.316. The second-order valence-corrected chi connectivity index (χ2v) is 6.37. The topological polar surface area (TPSA) is 52.6 Å². The Balaban J connectivity index is 0.00000169. The summed E-state index contributed by atoms with van der Waals surface area (Å²) in [6, 6.07) is 13.6. The molecular weight excluding hydrogens is 324 g/mol. The highest BCUT2D eigenvalue weighted by Crippen LogP contribution is 2.25. The number of hydrogen-bond donors (Lipinski definition) is 2. The van der Waals surface area contributed by atoms with E-state index in [1.165, 1.54) is 16.7 Å². The Bertz CT molecular complexity index is 763.